The number of benzene rings is 1. The zero-order chi connectivity index (χ0) is 14.7. The molecule has 0 fully saturated rings. The molecular formula is C14H14INO4. The zero-order valence-electron chi connectivity index (χ0n) is 11.4. The van der Waals surface area contributed by atoms with Gasteiger partial charge in [-0.25, -0.2) is 4.79 Å². The molecular weight excluding hydrogens is 373 g/mol. The maximum atomic E-state index is 11.5. The summed E-state index contributed by atoms with van der Waals surface area (Å²) in [6, 6.07) is 3.74. The van der Waals surface area contributed by atoms with Gasteiger partial charge >= 0.3 is 5.97 Å². The minimum Gasteiger partial charge on any atom is -0.493 e. The van der Waals surface area contributed by atoms with Crippen LogP contribution in [0.3, 0.4) is 0 Å². The molecule has 1 heterocycles. The highest BCUT2D eigenvalue weighted by Crippen LogP contribution is 2.34. The van der Waals surface area contributed by atoms with Crippen molar-refractivity contribution in [3.8, 4) is 11.5 Å². The highest BCUT2D eigenvalue weighted by atomic mass is 127. The second kappa shape index (κ2) is 6.25. The van der Waals surface area contributed by atoms with Crippen LogP contribution < -0.4 is 9.47 Å². The average molecular weight is 387 g/mol. The standard InChI is InChI=1S/C14H14INO4/c1-4-19-13-11(15)6-9(7-12(13)18-3)5-10-8(2)16-20-14(10)17/h5-7H,4H2,1-3H3/b10-5+. The van der Waals surface area contributed by atoms with E-state index >= 15 is 0 Å². The number of carbonyl (C=O) groups is 1. The Bertz CT molecular complexity index is 607. The molecule has 2 rings (SSSR count). The molecule has 5 nitrogen and oxygen atoms in total. The fraction of sp³-hybridized carbons (Fsp3) is 0.286. The van der Waals surface area contributed by atoms with Gasteiger partial charge in [-0.2, -0.15) is 0 Å². The van der Waals surface area contributed by atoms with Crippen LogP contribution in [0, 0.1) is 3.57 Å². The van der Waals surface area contributed by atoms with Crippen molar-refractivity contribution in [2.75, 3.05) is 13.7 Å². The van der Waals surface area contributed by atoms with Gasteiger partial charge in [-0.3, -0.25) is 0 Å². The number of hydrogen-bond donors (Lipinski definition) is 0. The van der Waals surface area contributed by atoms with E-state index in [4.69, 9.17) is 9.47 Å². The molecule has 0 saturated carbocycles. The van der Waals surface area contributed by atoms with Crippen molar-refractivity contribution in [1.82, 2.24) is 0 Å². The van der Waals surface area contributed by atoms with Crippen molar-refractivity contribution >= 4 is 40.3 Å². The molecule has 0 aliphatic carbocycles. The van der Waals surface area contributed by atoms with E-state index in [9.17, 15) is 4.79 Å². The van der Waals surface area contributed by atoms with Gasteiger partial charge < -0.3 is 14.3 Å². The summed E-state index contributed by atoms with van der Waals surface area (Å²) >= 11 is 2.17. The van der Waals surface area contributed by atoms with Gasteiger partial charge in [0.05, 0.1) is 28.6 Å². The lowest BCUT2D eigenvalue weighted by Crippen LogP contribution is -2.02. The van der Waals surface area contributed by atoms with Crippen LogP contribution in [0.2, 0.25) is 0 Å². The number of ether oxygens (including phenoxy) is 2. The smallest absolute Gasteiger partial charge is 0.367 e. The Morgan fingerprint density at radius 1 is 1.45 bits per heavy atom. The summed E-state index contributed by atoms with van der Waals surface area (Å²) in [7, 11) is 1.58. The minimum absolute atomic E-state index is 0.439. The van der Waals surface area contributed by atoms with Gasteiger partial charge in [0, 0.05) is 0 Å². The van der Waals surface area contributed by atoms with Crippen LogP contribution in [-0.4, -0.2) is 25.4 Å². The van der Waals surface area contributed by atoms with E-state index in [2.05, 4.69) is 32.6 Å². The Morgan fingerprint density at radius 3 is 2.75 bits per heavy atom. The number of hydrogen-bond acceptors (Lipinski definition) is 5. The number of rotatable bonds is 4. The van der Waals surface area contributed by atoms with E-state index in [1.54, 1.807) is 20.1 Å². The zero-order valence-corrected chi connectivity index (χ0v) is 13.6. The molecule has 1 aromatic rings. The van der Waals surface area contributed by atoms with Gasteiger partial charge in [-0.05, 0) is 60.2 Å². The lowest BCUT2D eigenvalue weighted by atomic mass is 10.1. The van der Waals surface area contributed by atoms with Gasteiger partial charge in [0.2, 0.25) is 0 Å². The number of methoxy groups -OCH3 is 1. The number of oxime groups is 1. The number of halogens is 1. The Hall–Kier alpha value is -1.57. The first kappa shape index (κ1) is 14.8. The van der Waals surface area contributed by atoms with Crippen LogP contribution in [0.4, 0.5) is 0 Å². The van der Waals surface area contributed by atoms with Crippen LogP contribution >= 0.6 is 22.6 Å². The van der Waals surface area contributed by atoms with Crippen molar-refractivity contribution in [2.45, 2.75) is 13.8 Å². The first-order chi connectivity index (χ1) is 9.56. The maximum absolute atomic E-state index is 11.5. The molecule has 0 N–H and O–H groups in total. The van der Waals surface area contributed by atoms with Crippen molar-refractivity contribution in [2.24, 2.45) is 5.16 Å². The van der Waals surface area contributed by atoms with Crippen LogP contribution in [0.1, 0.15) is 19.4 Å². The molecule has 106 valence electrons. The Labute approximate surface area is 130 Å². The van der Waals surface area contributed by atoms with Crippen molar-refractivity contribution < 1.29 is 19.1 Å². The van der Waals surface area contributed by atoms with E-state index in [1.165, 1.54) is 0 Å². The summed E-state index contributed by atoms with van der Waals surface area (Å²) < 4.78 is 11.8. The average Bonchev–Trinajstić information content (AvgIpc) is 2.73. The number of nitrogens with zero attached hydrogens (tertiary/aromatic N) is 1. The van der Waals surface area contributed by atoms with Crippen LogP contribution in [0.5, 0.6) is 11.5 Å². The Morgan fingerprint density at radius 2 is 2.20 bits per heavy atom. The molecule has 0 atom stereocenters. The summed E-state index contributed by atoms with van der Waals surface area (Å²) in [5, 5.41) is 3.65. The molecule has 0 spiro atoms. The monoisotopic (exact) mass is 387 g/mol. The molecule has 1 aromatic carbocycles. The first-order valence-electron chi connectivity index (χ1n) is 6.05. The fourth-order valence-electron chi connectivity index (χ4n) is 1.79. The van der Waals surface area contributed by atoms with Crippen molar-refractivity contribution in [3.63, 3.8) is 0 Å². The van der Waals surface area contributed by atoms with E-state index in [-0.39, 0.29) is 0 Å². The van der Waals surface area contributed by atoms with Gasteiger partial charge in [0.15, 0.2) is 11.5 Å². The van der Waals surface area contributed by atoms with Crippen molar-refractivity contribution in [3.05, 3.63) is 26.8 Å². The summed E-state index contributed by atoms with van der Waals surface area (Å²) in [4.78, 5) is 16.2. The van der Waals surface area contributed by atoms with Gasteiger partial charge in [-0.15, -0.1) is 0 Å². The summed E-state index contributed by atoms with van der Waals surface area (Å²) in [6.45, 7) is 4.21. The van der Waals surface area contributed by atoms with Gasteiger partial charge in [0.1, 0.15) is 0 Å². The predicted octanol–water partition coefficient (Wildman–Crippen LogP) is 3.01. The fourth-order valence-corrected chi connectivity index (χ4v) is 2.57. The quantitative estimate of drug-likeness (QED) is 0.453. The van der Waals surface area contributed by atoms with E-state index in [0.29, 0.717) is 29.4 Å². The molecule has 0 unspecified atom stereocenters. The normalized spacial score (nSPS) is 16.1. The van der Waals surface area contributed by atoms with Crippen molar-refractivity contribution in [1.29, 1.82) is 0 Å². The highest BCUT2D eigenvalue weighted by molar-refractivity contribution is 14.1. The highest BCUT2D eigenvalue weighted by Gasteiger charge is 2.22. The lowest BCUT2D eigenvalue weighted by Gasteiger charge is -2.12. The Balaban J connectivity index is 2.44. The number of carbonyl (C=O) groups excluding carboxylic acids is 1. The molecule has 0 radical (unpaired) electrons. The molecule has 0 bridgehead atoms. The topological polar surface area (TPSA) is 57.1 Å². The third kappa shape index (κ3) is 2.95. The second-order valence-electron chi connectivity index (χ2n) is 4.08. The molecule has 0 amide bonds. The lowest BCUT2D eigenvalue weighted by molar-refractivity contribution is -0.136. The molecule has 6 heteroatoms. The third-order valence-corrected chi connectivity index (χ3v) is 3.53. The van der Waals surface area contributed by atoms with Crippen LogP contribution in [0.15, 0.2) is 22.9 Å². The molecule has 1 aliphatic heterocycles. The van der Waals surface area contributed by atoms with E-state index < -0.39 is 5.97 Å². The van der Waals surface area contributed by atoms with Crippen LogP contribution in [0.25, 0.3) is 6.08 Å². The molecule has 0 saturated heterocycles. The molecule has 0 aromatic heterocycles. The summed E-state index contributed by atoms with van der Waals surface area (Å²) in [6.07, 6.45) is 1.73. The molecule has 20 heavy (non-hydrogen) atoms. The SMILES string of the molecule is CCOc1c(I)cc(/C=C2/C(=O)ON=C2C)cc1OC. The largest absolute Gasteiger partial charge is 0.493 e. The maximum Gasteiger partial charge on any atom is 0.367 e. The van der Waals surface area contributed by atoms with Gasteiger partial charge in [-0.1, -0.05) is 5.16 Å². The van der Waals surface area contributed by atoms with E-state index in [1.807, 2.05) is 19.1 Å². The van der Waals surface area contributed by atoms with Crippen LogP contribution in [-0.2, 0) is 9.63 Å². The first-order valence-corrected chi connectivity index (χ1v) is 7.13. The third-order valence-electron chi connectivity index (χ3n) is 2.73. The predicted molar refractivity (Wildman–Crippen MR) is 84.1 cm³/mol. The minimum atomic E-state index is -0.439. The Kier molecular flexibility index (Phi) is 4.64. The summed E-state index contributed by atoms with van der Waals surface area (Å²) in [5.41, 5.74) is 1.85. The van der Waals surface area contributed by atoms with E-state index in [0.717, 1.165) is 9.13 Å². The molecule has 1 aliphatic rings. The summed E-state index contributed by atoms with van der Waals surface area (Å²) in [5.74, 6) is 0.897. The second-order valence-corrected chi connectivity index (χ2v) is 5.24. The van der Waals surface area contributed by atoms with Gasteiger partial charge in [0.25, 0.3) is 0 Å².